The number of anilines is 1. The third-order valence-corrected chi connectivity index (χ3v) is 5.68. The molecule has 22 heavy (non-hydrogen) atoms. The molecule has 0 saturated carbocycles. The largest absolute Gasteiger partial charge is 0.377 e. The quantitative estimate of drug-likeness (QED) is 0.917. The van der Waals surface area contributed by atoms with E-state index in [2.05, 4.69) is 15.4 Å². The Morgan fingerprint density at radius 3 is 3.23 bits per heavy atom. The number of rotatable bonds is 3. The van der Waals surface area contributed by atoms with Crippen LogP contribution in [0, 0.1) is 0 Å². The van der Waals surface area contributed by atoms with Crippen LogP contribution in [0.4, 0.5) is 5.13 Å². The normalized spacial score (nSPS) is 24.2. The number of fused-ring (bicyclic) bond motifs is 1. The van der Waals surface area contributed by atoms with Gasteiger partial charge >= 0.3 is 0 Å². The summed E-state index contributed by atoms with van der Waals surface area (Å²) < 4.78 is 7.19. The van der Waals surface area contributed by atoms with E-state index in [-0.39, 0.29) is 17.6 Å². The number of hydrogen-bond donors (Lipinski definition) is 1. The lowest BCUT2D eigenvalue weighted by Crippen LogP contribution is -2.38. The van der Waals surface area contributed by atoms with Crippen molar-refractivity contribution in [3.05, 3.63) is 39.3 Å². The van der Waals surface area contributed by atoms with Gasteiger partial charge in [-0.3, -0.25) is 4.79 Å². The van der Waals surface area contributed by atoms with E-state index in [1.807, 2.05) is 17.1 Å². The van der Waals surface area contributed by atoms with Gasteiger partial charge in [-0.05, 0) is 11.3 Å². The van der Waals surface area contributed by atoms with Gasteiger partial charge in [-0.25, -0.2) is 9.67 Å². The number of ether oxygens (including phenoxy) is 1. The molecule has 2 aliphatic heterocycles. The molecule has 6 nitrogen and oxygen atoms in total. The van der Waals surface area contributed by atoms with Gasteiger partial charge in [0.25, 0.3) is 5.56 Å². The topological polar surface area (TPSA) is 69.0 Å². The maximum absolute atomic E-state index is 12.4. The van der Waals surface area contributed by atoms with Crippen molar-refractivity contribution in [2.45, 2.75) is 24.3 Å². The second kappa shape index (κ2) is 6.02. The van der Waals surface area contributed by atoms with E-state index in [0.717, 1.165) is 34.3 Å². The highest BCUT2D eigenvalue weighted by Gasteiger charge is 2.32. The molecule has 0 radical (unpaired) electrons. The SMILES string of the molecule is O=c1cc2c(nn1C1COCC1Nc1nccs1)CCSC2. The van der Waals surface area contributed by atoms with Gasteiger partial charge in [-0.1, -0.05) is 0 Å². The predicted molar refractivity (Wildman–Crippen MR) is 87.7 cm³/mol. The number of hydrogen-bond acceptors (Lipinski definition) is 7. The molecule has 0 aliphatic carbocycles. The molecule has 0 bridgehead atoms. The third-order valence-electron chi connectivity index (χ3n) is 3.97. The molecule has 2 aromatic heterocycles. The number of aromatic nitrogens is 3. The van der Waals surface area contributed by atoms with Gasteiger partial charge in [0, 0.05) is 29.8 Å². The standard InChI is InChI=1S/C14H16N4O2S2/c19-13-5-9-8-21-3-1-10(9)17-18(13)12-7-20-6-11(12)16-14-15-2-4-22-14/h2,4-5,11-12H,1,3,6-8H2,(H,15,16). The highest BCUT2D eigenvalue weighted by molar-refractivity contribution is 7.98. The number of thioether (sulfide) groups is 1. The van der Waals surface area contributed by atoms with Gasteiger partial charge in [-0.15, -0.1) is 11.3 Å². The maximum Gasteiger partial charge on any atom is 0.267 e. The van der Waals surface area contributed by atoms with Crippen molar-refractivity contribution in [1.82, 2.24) is 14.8 Å². The molecule has 4 rings (SSSR count). The molecule has 4 heterocycles. The minimum Gasteiger partial charge on any atom is -0.377 e. The lowest BCUT2D eigenvalue weighted by atomic mass is 10.1. The number of thiazole rings is 1. The summed E-state index contributed by atoms with van der Waals surface area (Å²) >= 11 is 3.40. The van der Waals surface area contributed by atoms with Crippen LogP contribution in [0.3, 0.4) is 0 Å². The van der Waals surface area contributed by atoms with Crippen molar-refractivity contribution in [2.75, 3.05) is 24.3 Å². The molecule has 0 aromatic carbocycles. The van der Waals surface area contributed by atoms with Gasteiger partial charge < -0.3 is 10.1 Å². The summed E-state index contributed by atoms with van der Waals surface area (Å²) in [4.78, 5) is 16.7. The fraction of sp³-hybridized carbons (Fsp3) is 0.500. The highest BCUT2D eigenvalue weighted by Crippen LogP contribution is 2.25. The molecule has 1 fully saturated rings. The Morgan fingerprint density at radius 2 is 2.36 bits per heavy atom. The molecule has 0 amide bonds. The molecule has 1 saturated heterocycles. The Hall–Kier alpha value is -1.38. The number of aryl methyl sites for hydroxylation is 1. The van der Waals surface area contributed by atoms with E-state index in [4.69, 9.17) is 4.74 Å². The Bertz CT molecular complexity index is 716. The first kappa shape index (κ1) is 14.2. The summed E-state index contributed by atoms with van der Waals surface area (Å²) in [5, 5.41) is 10.8. The summed E-state index contributed by atoms with van der Waals surface area (Å²) in [5.41, 5.74) is 2.10. The number of nitrogens with one attached hydrogen (secondary N) is 1. The van der Waals surface area contributed by atoms with Crippen LogP contribution in [0.5, 0.6) is 0 Å². The van der Waals surface area contributed by atoms with E-state index in [1.54, 1.807) is 28.3 Å². The van der Waals surface area contributed by atoms with Crippen molar-refractivity contribution in [3.63, 3.8) is 0 Å². The smallest absolute Gasteiger partial charge is 0.267 e. The molecular weight excluding hydrogens is 320 g/mol. The summed E-state index contributed by atoms with van der Waals surface area (Å²) in [6, 6.07) is 1.68. The maximum atomic E-state index is 12.4. The number of nitrogens with zero attached hydrogens (tertiary/aromatic N) is 3. The van der Waals surface area contributed by atoms with Crippen LogP contribution >= 0.6 is 23.1 Å². The van der Waals surface area contributed by atoms with Crippen LogP contribution in [0.2, 0.25) is 0 Å². The van der Waals surface area contributed by atoms with Gasteiger partial charge in [-0.2, -0.15) is 16.9 Å². The second-order valence-corrected chi connectivity index (χ2v) is 7.39. The van der Waals surface area contributed by atoms with Crippen molar-refractivity contribution in [1.29, 1.82) is 0 Å². The van der Waals surface area contributed by atoms with E-state index >= 15 is 0 Å². The van der Waals surface area contributed by atoms with Crippen molar-refractivity contribution >= 4 is 28.2 Å². The minimum absolute atomic E-state index is 0.0207. The minimum atomic E-state index is -0.0868. The van der Waals surface area contributed by atoms with Gasteiger partial charge in [0.2, 0.25) is 0 Å². The van der Waals surface area contributed by atoms with E-state index < -0.39 is 0 Å². The average Bonchev–Trinajstić information content (AvgIpc) is 3.19. The van der Waals surface area contributed by atoms with Crippen LogP contribution in [-0.4, -0.2) is 39.8 Å². The summed E-state index contributed by atoms with van der Waals surface area (Å²) in [6.45, 7) is 1.06. The zero-order valence-electron chi connectivity index (χ0n) is 11.9. The third kappa shape index (κ3) is 2.66. The fourth-order valence-corrected chi connectivity index (χ4v) is 4.38. The van der Waals surface area contributed by atoms with Gasteiger partial charge in [0.1, 0.15) is 6.04 Å². The summed E-state index contributed by atoms with van der Waals surface area (Å²) in [6.07, 6.45) is 2.69. The first-order valence-corrected chi connectivity index (χ1v) is 9.28. The molecular formula is C14H16N4O2S2. The fourth-order valence-electron chi connectivity index (χ4n) is 2.84. The van der Waals surface area contributed by atoms with E-state index in [1.165, 1.54) is 0 Å². The van der Waals surface area contributed by atoms with E-state index in [9.17, 15) is 4.79 Å². The van der Waals surface area contributed by atoms with Gasteiger partial charge in [0.15, 0.2) is 5.13 Å². The summed E-state index contributed by atoms with van der Waals surface area (Å²) in [5.74, 6) is 1.96. The summed E-state index contributed by atoms with van der Waals surface area (Å²) in [7, 11) is 0. The molecule has 8 heteroatoms. The van der Waals surface area contributed by atoms with Crippen LogP contribution < -0.4 is 10.9 Å². The first-order valence-electron chi connectivity index (χ1n) is 7.24. The van der Waals surface area contributed by atoms with Crippen LogP contribution in [-0.2, 0) is 16.9 Å². The van der Waals surface area contributed by atoms with E-state index in [0.29, 0.717) is 13.2 Å². The predicted octanol–water partition coefficient (Wildman–Crippen LogP) is 1.54. The Kier molecular flexibility index (Phi) is 3.89. The molecule has 116 valence electrons. The molecule has 2 aromatic rings. The van der Waals surface area contributed by atoms with Gasteiger partial charge in [0.05, 0.1) is 24.9 Å². The van der Waals surface area contributed by atoms with Crippen LogP contribution in [0.25, 0.3) is 0 Å². The van der Waals surface area contributed by atoms with Crippen LogP contribution in [0.1, 0.15) is 17.3 Å². The van der Waals surface area contributed by atoms with Crippen LogP contribution in [0.15, 0.2) is 22.4 Å². The Balaban J connectivity index is 1.64. The second-order valence-electron chi connectivity index (χ2n) is 5.39. The molecule has 1 N–H and O–H groups in total. The highest BCUT2D eigenvalue weighted by atomic mass is 32.2. The first-order chi connectivity index (χ1) is 10.8. The monoisotopic (exact) mass is 336 g/mol. The van der Waals surface area contributed by atoms with Crippen molar-refractivity contribution < 1.29 is 4.74 Å². The lowest BCUT2D eigenvalue weighted by molar-refractivity contribution is 0.182. The average molecular weight is 336 g/mol. The molecule has 0 spiro atoms. The molecule has 2 aliphatic rings. The lowest BCUT2D eigenvalue weighted by Gasteiger charge is -2.22. The zero-order valence-corrected chi connectivity index (χ0v) is 13.5. The Labute approximate surface area is 135 Å². The zero-order chi connectivity index (χ0) is 14.9. The molecule has 2 unspecified atom stereocenters. The molecule has 2 atom stereocenters. The van der Waals surface area contributed by atoms with Crippen molar-refractivity contribution in [2.24, 2.45) is 0 Å². The Morgan fingerprint density at radius 1 is 1.41 bits per heavy atom. The van der Waals surface area contributed by atoms with Crippen molar-refractivity contribution in [3.8, 4) is 0 Å².